The molecule has 202 valence electrons. The number of benzene rings is 1. The first-order valence-corrected chi connectivity index (χ1v) is 15.2. The average molecular weight is 560 g/mol. The Hall–Kier alpha value is -3.09. The number of rotatable bonds is 9. The van der Waals surface area contributed by atoms with Crippen LogP contribution >= 0.6 is 11.8 Å². The summed E-state index contributed by atoms with van der Waals surface area (Å²) in [6, 6.07) is 8.67. The van der Waals surface area contributed by atoms with Crippen LogP contribution in [0.2, 0.25) is 0 Å². The van der Waals surface area contributed by atoms with Gasteiger partial charge in [-0.2, -0.15) is 0 Å². The highest BCUT2D eigenvalue weighted by atomic mass is 32.2. The molecule has 1 unspecified atom stereocenters. The number of aromatic amines is 1. The van der Waals surface area contributed by atoms with Crippen LogP contribution in [0.25, 0.3) is 10.9 Å². The monoisotopic (exact) mass is 559 g/mol. The van der Waals surface area contributed by atoms with Crippen LogP contribution in [0.4, 0.5) is 0 Å². The SMILES string of the molecule is CCOC(=O)CC1CN=C(c2cc3cc(Oc4ccc(S(C)(=O)=O)nc4)cc(OC4CCOCC4)c3[nH]2)S1. The van der Waals surface area contributed by atoms with E-state index in [1.807, 2.05) is 18.2 Å². The van der Waals surface area contributed by atoms with Crippen molar-refractivity contribution >= 4 is 43.5 Å². The predicted octanol–water partition coefficient (Wildman–Crippen LogP) is 4.13. The fourth-order valence-corrected chi connectivity index (χ4v) is 5.92. The van der Waals surface area contributed by atoms with Crippen LogP contribution in [0.5, 0.6) is 17.2 Å². The normalized spacial score (nSPS) is 18.4. The number of hydrogen-bond acceptors (Lipinski definition) is 10. The van der Waals surface area contributed by atoms with Gasteiger partial charge in [0.05, 0.1) is 50.2 Å². The molecule has 0 spiro atoms. The molecule has 0 saturated carbocycles. The van der Waals surface area contributed by atoms with E-state index in [1.54, 1.807) is 24.8 Å². The number of aliphatic imine (C=N–C) groups is 1. The highest BCUT2D eigenvalue weighted by Gasteiger charge is 2.26. The zero-order chi connectivity index (χ0) is 26.7. The van der Waals surface area contributed by atoms with E-state index in [0.717, 1.165) is 40.7 Å². The summed E-state index contributed by atoms with van der Waals surface area (Å²) in [6.07, 6.45) is 4.39. The first-order chi connectivity index (χ1) is 18.3. The second-order valence-electron chi connectivity index (χ2n) is 9.10. The Morgan fingerprint density at radius 1 is 1.18 bits per heavy atom. The molecule has 0 bridgehead atoms. The van der Waals surface area contributed by atoms with E-state index >= 15 is 0 Å². The number of H-pyrrole nitrogens is 1. The Bertz CT molecular complexity index is 1450. The van der Waals surface area contributed by atoms with Gasteiger partial charge in [0.1, 0.15) is 28.4 Å². The molecule has 1 fully saturated rings. The van der Waals surface area contributed by atoms with Gasteiger partial charge in [0.2, 0.25) is 0 Å². The highest BCUT2D eigenvalue weighted by molar-refractivity contribution is 8.15. The molecular formula is C26H29N3O7S2. The Kier molecular flexibility index (Phi) is 7.91. The number of hydrogen-bond donors (Lipinski definition) is 1. The number of sulfone groups is 1. The maximum atomic E-state index is 11.9. The van der Waals surface area contributed by atoms with Crippen LogP contribution in [0, 0.1) is 0 Å². The topological polar surface area (TPSA) is 129 Å². The van der Waals surface area contributed by atoms with Gasteiger partial charge in [-0.15, -0.1) is 0 Å². The van der Waals surface area contributed by atoms with Crippen molar-refractivity contribution < 1.29 is 32.2 Å². The van der Waals surface area contributed by atoms with Gasteiger partial charge in [0.25, 0.3) is 0 Å². The lowest BCUT2D eigenvalue weighted by atomic mass is 10.1. The molecule has 1 N–H and O–H groups in total. The van der Waals surface area contributed by atoms with Crippen LogP contribution in [0.3, 0.4) is 0 Å². The number of aromatic nitrogens is 2. The number of nitrogens with zero attached hydrogens (tertiary/aromatic N) is 2. The summed E-state index contributed by atoms with van der Waals surface area (Å²) in [5.41, 5.74) is 1.66. The first-order valence-electron chi connectivity index (χ1n) is 12.4. The Morgan fingerprint density at radius 2 is 2.00 bits per heavy atom. The molecule has 0 radical (unpaired) electrons. The van der Waals surface area contributed by atoms with Gasteiger partial charge in [-0.1, -0.05) is 11.8 Å². The van der Waals surface area contributed by atoms with Crippen molar-refractivity contribution in [2.75, 3.05) is 32.6 Å². The van der Waals surface area contributed by atoms with Crippen molar-refractivity contribution in [3.05, 3.63) is 42.2 Å². The Balaban J connectivity index is 1.41. The van der Waals surface area contributed by atoms with Crippen LogP contribution in [-0.2, 0) is 24.1 Å². The number of carbonyl (C=O) groups excluding carboxylic acids is 1. The van der Waals surface area contributed by atoms with Crippen molar-refractivity contribution in [1.82, 2.24) is 9.97 Å². The summed E-state index contributed by atoms with van der Waals surface area (Å²) < 4.78 is 46.4. The van der Waals surface area contributed by atoms with E-state index < -0.39 is 9.84 Å². The zero-order valence-corrected chi connectivity index (χ0v) is 22.8. The number of nitrogens with one attached hydrogen (secondary N) is 1. The fraction of sp³-hybridized carbons (Fsp3) is 0.423. The summed E-state index contributed by atoms with van der Waals surface area (Å²) in [7, 11) is -3.40. The van der Waals surface area contributed by atoms with E-state index in [1.165, 1.54) is 12.3 Å². The molecule has 4 heterocycles. The van der Waals surface area contributed by atoms with Gasteiger partial charge < -0.3 is 23.9 Å². The average Bonchev–Trinajstić information content (AvgIpc) is 3.52. The summed E-state index contributed by atoms with van der Waals surface area (Å²) in [5.74, 6) is 1.36. The van der Waals surface area contributed by atoms with E-state index in [-0.39, 0.29) is 22.3 Å². The molecule has 1 aromatic carbocycles. The van der Waals surface area contributed by atoms with Gasteiger partial charge in [-0.05, 0) is 31.2 Å². The number of ether oxygens (including phenoxy) is 4. The number of esters is 1. The van der Waals surface area contributed by atoms with E-state index in [2.05, 4.69) is 15.0 Å². The van der Waals surface area contributed by atoms with Crippen molar-refractivity contribution in [2.45, 2.75) is 42.6 Å². The lowest BCUT2D eigenvalue weighted by Crippen LogP contribution is -2.25. The third-order valence-electron chi connectivity index (χ3n) is 6.10. The second-order valence-corrected chi connectivity index (χ2v) is 12.4. The summed E-state index contributed by atoms with van der Waals surface area (Å²) in [5, 5.41) is 1.72. The van der Waals surface area contributed by atoms with E-state index in [0.29, 0.717) is 50.0 Å². The number of fused-ring (bicyclic) bond motifs is 1. The lowest BCUT2D eigenvalue weighted by molar-refractivity contribution is -0.143. The molecule has 1 atom stereocenters. The molecule has 5 rings (SSSR count). The van der Waals surface area contributed by atoms with Crippen LogP contribution in [-0.4, -0.2) is 73.4 Å². The maximum absolute atomic E-state index is 11.9. The van der Waals surface area contributed by atoms with Crippen molar-refractivity contribution in [1.29, 1.82) is 0 Å². The molecule has 0 aliphatic carbocycles. The van der Waals surface area contributed by atoms with E-state index in [4.69, 9.17) is 18.9 Å². The van der Waals surface area contributed by atoms with Gasteiger partial charge in [-0.3, -0.25) is 9.79 Å². The molecule has 2 aliphatic rings. The van der Waals surface area contributed by atoms with Crippen LogP contribution < -0.4 is 9.47 Å². The van der Waals surface area contributed by atoms with Crippen molar-refractivity contribution in [3.8, 4) is 17.2 Å². The molecule has 2 aliphatic heterocycles. The van der Waals surface area contributed by atoms with Crippen LogP contribution in [0.1, 0.15) is 31.9 Å². The van der Waals surface area contributed by atoms with Gasteiger partial charge in [0, 0.05) is 35.8 Å². The third kappa shape index (κ3) is 6.30. The standard InChI is InChI=1S/C26H29N3O7S2/c1-3-34-24(30)13-20-15-28-26(37-20)21-11-16-10-19(35-18-4-5-23(27-14-18)38(2,31)32)12-22(25(16)29-21)36-17-6-8-33-9-7-17/h4-5,10-12,14,17,20,29H,3,6-9,13,15H2,1-2H3. The molecule has 12 heteroatoms. The molecule has 38 heavy (non-hydrogen) atoms. The van der Waals surface area contributed by atoms with Crippen molar-refractivity contribution in [2.24, 2.45) is 4.99 Å². The highest BCUT2D eigenvalue weighted by Crippen LogP contribution is 2.37. The van der Waals surface area contributed by atoms with Gasteiger partial charge in [0.15, 0.2) is 14.9 Å². The largest absolute Gasteiger partial charge is 0.488 e. The van der Waals surface area contributed by atoms with Crippen LogP contribution in [0.15, 0.2) is 46.5 Å². The smallest absolute Gasteiger partial charge is 0.306 e. The number of pyridine rings is 1. The zero-order valence-electron chi connectivity index (χ0n) is 21.1. The summed E-state index contributed by atoms with van der Waals surface area (Å²) in [4.78, 5) is 24.0. The predicted molar refractivity (Wildman–Crippen MR) is 144 cm³/mol. The molecule has 2 aromatic heterocycles. The third-order valence-corrected chi connectivity index (χ3v) is 8.32. The molecular weight excluding hydrogens is 530 g/mol. The minimum absolute atomic E-state index is 0.0109. The summed E-state index contributed by atoms with van der Waals surface area (Å²) >= 11 is 1.56. The number of carbonyl (C=O) groups is 1. The molecule has 1 saturated heterocycles. The lowest BCUT2D eigenvalue weighted by Gasteiger charge is -2.24. The Morgan fingerprint density at radius 3 is 2.71 bits per heavy atom. The van der Waals surface area contributed by atoms with Crippen molar-refractivity contribution in [3.63, 3.8) is 0 Å². The maximum Gasteiger partial charge on any atom is 0.306 e. The van der Waals surface area contributed by atoms with E-state index in [9.17, 15) is 13.2 Å². The fourth-order valence-electron chi connectivity index (χ4n) is 4.29. The second kappa shape index (κ2) is 11.3. The summed E-state index contributed by atoms with van der Waals surface area (Å²) in [6.45, 7) is 4.00. The van der Waals surface area contributed by atoms with Gasteiger partial charge >= 0.3 is 5.97 Å². The Labute approximate surface area is 225 Å². The molecule has 10 nitrogen and oxygen atoms in total. The number of thioether (sulfide) groups is 1. The minimum Gasteiger partial charge on any atom is -0.488 e. The molecule has 3 aromatic rings. The minimum atomic E-state index is -3.40. The first kappa shape index (κ1) is 26.5. The quantitative estimate of drug-likeness (QED) is 0.385. The van der Waals surface area contributed by atoms with Gasteiger partial charge in [-0.25, -0.2) is 13.4 Å². The molecule has 0 amide bonds.